The summed E-state index contributed by atoms with van der Waals surface area (Å²) in [6.45, 7) is 3.75. The second-order valence-corrected chi connectivity index (χ2v) is 8.08. The van der Waals surface area contributed by atoms with Crippen molar-refractivity contribution < 1.29 is 17.9 Å². The number of nitrogens with zero attached hydrogens (tertiary/aromatic N) is 1. The quantitative estimate of drug-likeness (QED) is 0.584. The maximum absolute atomic E-state index is 12.4. The normalized spacial score (nSPS) is 20.0. The molecule has 1 saturated heterocycles. The fourth-order valence-corrected chi connectivity index (χ4v) is 3.89. The molecule has 0 radical (unpaired) electrons. The van der Waals surface area contributed by atoms with Crippen LogP contribution >= 0.6 is 12.4 Å². The third kappa shape index (κ3) is 6.51. The van der Waals surface area contributed by atoms with Crippen molar-refractivity contribution in [2.45, 2.75) is 12.8 Å². The van der Waals surface area contributed by atoms with Crippen LogP contribution in [0.5, 0.6) is 0 Å². The van der Waals surface area contributed by atoms with Crippen molar-refractivity contribution >= 4 is 28.3 Å². The van der Waals surface area contributed by atoms with Crippen molar-refractivity contribution in [1.82, 2.24) is 9.62 Å². The molecule has 9 heteroatoms. The standard InChI is InChI=1S/C17H27N3O4S.ClH/c1-2-24-8-9-25(22,23)19-11-17(21)20-12-15(10-18)16(13-20)14-6-4-3-5-7-14;/h3-7,15-16,19H,2,8-13,18H2,1H3;1H/t15-,16+;/m1./s1. The molecule has 1 aliphatic heterocycles. The van der Waals surface area contributed by atoms with Gasteiger partial charge in [-0.3, -0.25) is 4.79 Å². The number of carbonyl (C=O) groups excluding carboxylic acids is 1. The molecule has 0 aromatic heterocycles. The third-order valence-electron chi connectivity index (χ3n) is 4.47. The van der Waals surface area contributed by atoms with Crippen LogP contribution in [0.3, 0.4) is 0 Å². The fraction of sp³-hybridized carbons (Fsp3) is 0.588. The first-order valence-electron chi connectivity index (χ1n) is 8.54. The van der Waals surface area contributed by atoms with Crippen LogP contribution in [0.2, 0.25) is 0 Å². The van der Waals surface area contributed by atoms with Crippen molar-refractivity contribution in [3.63, 3.8) is 0 Å². The van der Waals surface area contributed by atoms with Crippen LogP contribution in [0.15, 0.2) is 30.3 Å². The monoisotopic (exact) mass is 405 g/mol. The van der Waals surface area contributed by atoms with E-state index >= 15 is 0 Å². The van der Waals surface area contributed by atoms with Crippen LogP contribution in [0.4, 0.5) is 0 Å². The van der Waals surface area contributed by atoms with E-state index in [0.717, 1.165) is 5.56 Å². The minimum atomic E-state index is -3.51. The van der Waals surface area contributed by atoms with E-state index < -0.39 is 10.0 Å². The molecule has 148 valence electrons. The van der Waals surface area contributed by atoms with Gasteiger partial charge >= 0.3 is 0 Å². The Morgan fingerprint density at radius 1 is 1.31 bits per heavy atom. The number of hydrogen-bond acceptors (Lipinski definition) is 5. The number of ether oxygens (including phenoxy) is 1. The zero-order valence-corrected chi connectivity index (χ0v) is 16.6. The van der Waals surface area contributed by atoms with Crippen molar-refractivity contribution in [1.29, 1.82) is 0 Å². The summed E-state index contributed by atoms with van der Waals surface area (Å²) in [4.78, 5) is 14.1. The van der Waals surface area contributed by atoms with E-state index in [1.807, 2.05) is 30.3 Å². The van der Waals surface area contributed by atoms with Gasteiger partial charge in [0.25, 0.3) is 0 Å². The van der Waals surface area contributed by atoms with Crippen LogP contribution in [0.1, 0.15) is 18.4 Å². The molecule has 1 fully saturated rings. The lowest BCUT2D eigenvalue weighted by molar-refractivity contribution is -0.129. The Labute approximate surface area is 161 Å². The molecule has 1 heterocycles. The smallest absolute Gasteiger partial charge is 0.237 e. The van der Waals surface area contributed by atoms with E-state index in [4.69, 9.17) is 10.5 Å². The van der Waals surface area contributed by atoms with E-state index in [9.17, 15) is 13.2 Å². The number of carbonyl (C=O) groups is 1. The average molecular weight is 406 g/mol. The summed E-state index contributed by atoms with van der Waals surface area (Å²) < 4.78 is 31.1. The van der Waals surface area contributed by atoms with E-state index in [0.29, 0.717) is 26.2 Å². The van der Waals surface area contributed by atoms with Crippen LogP contribution < -0.4 is 10.5 Å². The molecule has 2 rings (SSSR count). The molecule has 7 nitrogen and oxygen atoms in total. The molecule has 1 aliphatic rings. The highest BCUT2D eigenvalue weighted by Gasteiger charge is 2.35. The minimum absolute atomic E-state index is 0. The summed E-state index contributed by atoms with van der Waals surface area (Å²) in [5.74, 6) is -0.00545. The number of benzene rings is 1. The molecule has 3 N–H and O–H groups in total. The van der Waals surface area contributed by atoms with Gasteiger partial charge in [-0.2, -0.15) is 0 Å². The summed E-state index contributed by atoms with van der Waals surface area (Å²) in [5, 5.41) is 0. The molecule has 0 unspecified atom stereocenters. The van der Waals surface area contributed by atoms with Crippen molar-refractivity contribution in [2.75, 3.05) is 45.1 Å². The van der Waals surface area contributed by atoms with E-state index in [1.54, 1.807) is 11.8 Å². The topological polar surface area (TPSA) is 102 Å². The Morgan fingerprint density at radius 2 is 2.00 bits per heavy atom. The first-order valence-corrected chi connectivity index (χ1v) is 10.2. The molecule has 1 aromatic carbocycles. The Morgan fingerprint density at radius 3 is 2.62 bits per heavy atom. The number of amides is 1. The predicted octanol–water partition coefficient (Wildman–Crippen LogP) is 0.565. The van der Waals surface area contributed by atoms with Crippen LogP contribution in [0.25, 0.3) is 0 Å². The molecule has 1 aromatic rings. The van der Waals surface area contributed by atoms with Crippen LogP contribution in [-0.2, 0) is 19.6 Å². The summed E-state index contributed by atoms with van der Waals surface area (Å²) in [7, 11) is -3.51. The van der Waals surface area contributed by atoms with Gasteiger partial charge in [0.1, 0.15) is 0 Å². The number of nitrogens with two attached hydrogens (primary N) is 1. The SMILES string of the molecule is CCOCCS(=O)(=O)NCC(=O)N1C[C@@H](CN)[C@H](c2ccccc2)C1.Cl. The first-order chi connectivity index (χ1) is 12.0. The van der Waals surface area contributed by atoms with Crippen LogP contribution in [0, 0.1) is 5.92 Å². The highest BCUT2D eigenvalue weighted by molar-refractivity contribution is 7.89. The average Bonchev–Trinajstić information content (AvgIpc) is 3.05. The van der Waals surface area contributed by atoms with E-state index in [2.05, 4.69) is 4.72 Å². The number of nitrogens with one attached hydrogen (secondary N) is 1. The molecule has 2 atom stereocenters. The Kier molecular flexibility index (Phi) is 9.52. The largest absolute Gasteiger partial charge is 0.381 e. The number of halogens is 1. The summed E-state index contributed by atoms with van der Waals surface area (Å²) in [6, 6.07) is 9.98. The molecule has 0 saturated carbocycles. The molecule has 26 heavy (non-hydrogen) atoms. The lowest BCUT2D eigenvalue weighted by Crippen LogP contribution is -2.40. The molecular weight excluding hydrogens is 378 g/mol. The van der Waals surface area contributed by atoms with Gasteiger partial charge in [-0.25, -0.2) is 13.1 Å². The predicted molar refractivity (Wildman–Crippen MR) is 104 cm³/mol. The van der Waals surface area contributed by atoms with Crippen molar-refractivity contribution in [3.05, 3.63) is 35.9 Å². The van der Waals surface area contributed by atoms with Gasteiger partial charge < -0.3 is 15.4 Å². The lowest BCUT2D eigenvalue weighted by Gasteiger charge is -2.17. The maximum Gasteiger partial charge on any atom is 0.237 e. The minimum Gasteiger partial charge on any atom is -0.381 e. The van der Waals surface area contributed by atoms with Gasteiger partial charge in [0.15, 0.2) is 0 Å². The molecule has 1 amide bonds. The number of likely N-dealkylation sites (tertiary alicyclic amines) is 1. The molecule has 0 bridgehead atoms. The first kappa shape index (κ1) is 22.9. The molecule has 0 aliphatic carbocycles. The second-order valence-electron chi connectivity index (χ2n) is 6.15. The zero-order valence-electron chi connectivity index (χ0n) is 15.0. The zero-order chi connectivity index (χ0) is 18.3. The van der Waals surface area contributed by atoms with Gasteiger partial charge in [0.05, 0.1) is 18.9 Å². The van der Waals surface area contributed by atoms with Gasteiger partial charge in [0.2, 0.25) is 15.9 Å². The van der Waals surface area contributed by atoms with E-state index in [-0.39, 0.29) is 49.1 Å². The van der Waals surface area contributed by atoms with Crippen LogP contribution in [-0.4, -0.2) is 64.4 Å². The molecular formula is C17H28ClN3O4S. The molecule has 0 spiro atoms. The Bertz CT molecular complexity index is 657. The van der Waals surface area contributed by atoms with Gasteiger partial charge in [-0.05, 0) is 24.9 Å². The van der Waals surface area contributed by atoms with Crippen molar-refractivity contribution in [3.8, 4) is 0 Å². The van der Waals surface area contributed by atoms with Gasteiger partial charge in [-0.1, -0.05) is 30.3 Å². The Balaban J connectivity index is 0.00000338. The third-order valence-corrected chi connectivity index (χ3v) is 5.76. The number of hydrogen-bond donors (Lipinski definition) is 2. The van der Waals surface area contributed by atoms with Gasteiger partial charge in [-0.15, -0.1) is 12.4 Å². The number of rotatable bonds is 9. The Hall–Kier alpha value is -1.19. The van der Waals surface area contributed by atoms with E-state index in [1.165, 1.54) is 0 Å². The summed E-state index contributed by atoms with van der Waals surface area (Å²) in [6.07, 6.45) is 0. The summed E-state index contributed by atoms with van der Waals surface area (Å²) in [5.41, 5.74) is 7.03. The fourth-order valence-electron chi connectivity index (χ4n) is 3.06. The highest BCUT2D eigenvalue weighted by atomic mass is 35.5. The summed E-state index contributed by atoms with van der Waals surface area (Å²) >= 11 is 0. The van der Waals surface area contributed by atoms with Crippen molar-refractivity contribution in [2.24, 2.45) is 11.7 Å². The lowest BCUT2D eigenvalue weighted by atomic mass is 9.89. The maximum atomic E-state index is 12.4. The highest BCUT2D eigenvalue weighted by Crippen LogP contribution is 2.31. The number of sulfonamides is 1. The second kappa shape index (κ2) is 10.8. The van der Waals surface area contributed by atoms with Gasteiger partial charge in [0, 0.05) is 25.6 Å².